The number of aromatic nitrogens is 4. The monoisotopic (exact) mass is 228 g/mol. The van der Waals surface area contributed by atoms with Crippen LogP contribution < -0.4 is 0 Å². The summed E-state index contributed by atoms with van der Waals surface area (Å²) < 4.78 is 1.91. The Kier molecular flexibility index (Phi) is 2.79. The van der Waals surface area contributed by atoms with Crippen molar-refractivity contribution in [1.82, 2.24) is 19.7 Å². The molecule has 0 atom stereocenters. The van der Waals surface area contributed by atoms with E-state index in [2.05, 4.69) is 15.2 Å². The summed E-state index contributed by atoms with van der Waals surface area (Å²) in [5, 5.41) is 8.75. The van der Waals surface area contributed by atoms with E-state index < -0.39 is 0 Å². The summed E-state index contributed by atoms with van der Waals surface area (Å²) in [5.74, 6) is 1.16. The molecular weight excluding hydrogens is 220 g/mol. The van der Waals surface area contributed by atoms with Crippen LogP contribution in [0.15, 0.2) is 12.5 Å². The van der Waals surface area contributed by atoms with Crippen molar-refractivity contribution in [1.29, 1.82) is 0 Å². The van der Waals surface area contributed by atoms with E-state index in [-0.39, 0.29) is 0 Å². The zero-order chi connectivity index (χ0) is 9.97. The van der Waals surface area contributed by atoms with Gasteiger partial charge in [0.25, 0.3) is 0 Å². The number of nitrogens with zero attached hydrogens (tertiary/aromatic N) is 4. The molecule has 2 rings (SSSR count). The largest absolute Gasteiger partial charge is 0.310 e. The summed E-state index contributed by atoms with van der Waals surface area (Å²) in [6, 6.07) is 0. The van der Waals surface area contributed by atoms with Crippen molar-refractivity contribution >= 4 is 22.9 Å². The second kappa shape index (κ2) is 4.06. The van der Waals surface area contributed by atoms with E-state index in [4.69, 9.17) is 11.6 Å². The molecule has 0 saturated heterocycles. The van der Waals surface area contributed by atoms with Crippen molar-refractivity contribution in [3.8, 4) is 0 Å². The van der Waals surface area contributed by atoms with Gasteiger partial charge in [-0.2, -0.15) is 0 Å². The number of rotatable bonds is 3. The minimum atomic E-state index is 0.379. The SMILES string of the molecule is Cc1cnc(Cn2cnnc2CCl)s1. The lowest BCUT2D eigenvalue weighted by atomic mass is 10.6. The molecule has 0 amide bonds. The fraction of sp³-hybridized carbons (Fsp3) is 0.375. The number of hydrogen-bond donors (Lipinski definition) is 0. The van der Waals surface area contributed by atoms with Crippen LogP contribution in [0.4, 0.5) is 0 Å². The molecule has 2 heterocycles. The molecule has 4 nitrogen and oxygen atoms in total. The molecule has 0 unspecified atom stereocenters. The standard InChI is InChI=1S/C8H9ClN4S/c1-6-3-10-8(14-6)4-13-5-11-12-7(13)2-9/h3,5H,2,4H2,1H3. The van der Waals surface area contributed by atoms with Crippen molar-refractivity contribution in [2.45, 2.75) is 19.3 Å². The lowest BCUT2D eigenvalue weighted by molar-refractivity contribution is 0.749. The van der Waals surface area contributed by atoms with Crippen LogP contribution >= 0.6 is 22.9 Å². The maximum atomic E-state index is 5.70. The van der Waals surface area contributed by atoms with Gasteiger partial charge in [-0.15, -0.1) is 33.1 Å². The number of halogens is 1. The van der Waals surface area contributed by atoms with Gasteiger partial charge in [0.2, 0.25) is 0 Å². The molecule has 0 N–H and O–H groups in total. The molecule has 0 radical (unpaired) electrons. The smallest absolute Gasteiger partial charge is 0.148 e. The molecule has 0 spiro atoms. The Morgan fingerprint density at radius 3 is 3.07 bits per heavy atom. The third-order valence-electron chi connectivity index (χ3n) is 1.79. The quantitative estimate of drug-likeness (QED) is 0.753. The van der Waals surface area contributed by atoms with Gasteiger partial charge in [0.05, 0.1) is 12.4 Å². The van der Waals surface area contributed by atoms with Gasteiger partial charge in [-0.1, -0.05) is 0 Å². The summed E-state index contributed by atoms with van der Waals surface area (Å²) in [7, 11) is 0. The number of thiazole rings is 1. The molecule has 2 aromatic rings. The molecule has 6 heteroatoms. The van der Waals surface area contributed by atoms with E-state index in [1.807, 2.05) is 17.7 Å². The van der Waals surface area contributed by atoms with Gasteiger partial charge in [0.1, 0.15) is 17.2 Å². The predicted octanol–water partition coefficient (Wildman–Crippen LogP) is 1.83. The van der Waals surface area contributed by atoms with Crippen LogP contribution in [-0.2, 0) is 12.4 Å². The Labute approximate surface area is 90.6 Å². The molecule has 0 saturated carbocycles. The van der Waals surface area contributed by atoms with E-state index in [0.29, 0.717) is 12.4 Å². The third-order valence-corrected chi connectivity index (χ3v) is 2.93. The van der Waals surface area contributed by atoms with E-state index in [0.717, 1.165) is 10.8 Å². The zero-order valence-electron chi connectivity index (χ0n) is 7.64. The summed E-state index contributed by atoms with van der Waals surface area (Å²) in [6.07, 6.45) is 3.54. The Morgan fingerprint density at radius 1 is 1.57 bits per heavy atom. The average molecular weight is 229 g/mol. The number of aryl methyl sites for hydroxylation is 1. The van der Waals surface area contributed by atoms with Crippen LogP contribution in [0.1, 0.15) is 15.7 Å². The molecule has 74 valence electrons. The van der Waals surface area contributed by atoms with Gasteiger partial charge in [0.15, 0.2) is 0 Å². The average Bonchev–Trinajstić information content (AvgIpc) is 2.76. The van der Waals surface area contributed by atoms with Gasteiger partial charge in [0, 0.05) is 11.1 Å². The summed E-state index contributed by atoms with van der Waals surface area (Å²) in [5.41, 5.74) is 0. The first kappa shape index (κ1) is 9.61. The van der Waals surface area contributed by atoms with Crippen LogP contribution in [0.25, 0.3) is 0 Å². The highest BCUT2D eigenvalue weighted by Crippen LogP contribution is 2.13. The first-order valence-corrected chi connectivity index (χ1v) is 5.48. The highest BCUT2D eigenvalue weighted by molar-refractivity contribution is 7.11. The van der Waals surface area contributed by atoms with E-state index >= 15 is 0 Å². The van der Waals surface area contributed by atoms with Crippen molar-refractivity contribution in [2.75, 3.05) is 0 Å². The molecule has 14 heavy (non-hydrogen) atoms. The molecule has 0 aliphatic rings. The van der Waals surface area contributed by atoms with Gasteiger partial charge in [-0.05, 0) is 6.92 Å². The fourth-order valence-corrected chi connectivity index (χ4v) is 2.13. The lowest BCUT2D eigenvalue weighted by Crippen LogP contribution is -2.01. The predicted molar refractivity (Wildman–Crippen MR) is 55.5 cm³/mol. The van der Waals surface area contributed by atoms with Crippen LogP contribution in [-0.4, -0.2) is 19.7 Å². The highest BCUT2D eigenvalue weighted by Gasteiger charge is 2.05. The van der Waals surface area contributed by atoms with Gasteiger partial charge < -0.3 is 4.57 Å². The molecule has 0 fully saturated rings. The van der Waals surface area contributed by atoms with Gasteiger partial charge in [-0.3, -0.25) is 0 Å². The number of hydrogen-bond acceptors (Lipinski definition) is 4. The Hall–Kier alpha value is -0.940. The summed E-state index contributed by atoms with van der Waals surface area (Å²) >= 11 is 7.38. The molecule has 0 aromatic carbocycles. The van der Waals surface area contributed by atoms with Crippen LogP contribution in [0, 0.1) is 6.92 Å². The van der Waals surface area contributed by atoms with Crippen molar-refractivity contribution < 1.29 is 0 Å². The minimum Gasteiger partial charge on any atom is -0.310 e. The second-order valence-electron chi connectivity index (χ2n) is 2.87. The molecule has 2 aromatic heterocycles. The lowest BCUT2D eigenvalue weighted by Gasteiger charge is -2.00. The third kappa shape index (κ3) is 1.93. The van der Waals surface area contributed by atoms with Gasteiger partial charge in [-0.25, -0.2) is 4.98 Å². The molecule has 0 aliphatic heterocycles. The zero-order valence-corrected chi connectivity index (χ0v) is 9.22. The summed E-state index contributed by atoms with van der Waals surface area (Å²) in [6.45, 7) is 2.74. The fourth-order valence-electron chi connectivity index (χ4n) is 1.13. The number of alkyl halides is 1. The molecule has 0 bridgehead atoms. The topological polar surface area (TPSA) is 43.6 Å². The van der Waals surface area contributed by atoms with Crippen molar-refractivity contribution in [3.63, 3.8) is 0 Å². The Bertz CT molecular complexity index is 422. The Balaban J connectivity index is 2.18. The highest BCUT2D eigenvalue weighted by atomic mass is 35.5. The summed E-state index contributed by atoms with van der Waals surface area (Å²) in [4.78, 5) is 5.47. The van der Waals surface area contributed by atoms with E-state index in [1.165, 1.54) is 4.88 Å². The maximum absolute atomic E-state index is 5.70. The van der Waals surface area contributed by atoms with Gasteiger partial charge >= 0.3 is 0 Å². The molecule has 0 aliphatic carbocycles. The molecular formula is C8H9ClN4S. The van der Waals surface area contributed by atoms with E-state index in [9.17, 15) is 0 Å². The second-order valence-corrected chi connectivity index (χ2v) is 4.46. The maximum Gasteiger partial charge on any atom is 0.148 e. The normalized spacial score (nSPS) is 10.7. The van der Waals surface area contributed by atoms with Crippen molar-refractivity contribution in [3.05, 3.63) is 28.2 Å². The Morgan fingerprint density at radius 2 is 2.43 bits per heavy atom. The van der Waals surface area contributed by atoms with E-state index in [1.54, 1.807) is 17.7 Å². The van der Waals surface area contributed by atoms with Crippen molar-refractivity contribution in [2.24, 2.45) is 0 Å². The van der Waals surface area contributed by atoms with Crippen LogP contribution in [0.5, 0.6) is 0 Å². The van der Waals surface area contributed by atoms with Crippen LogP contribution in [0.2, 0.25) is 0 Å². The van der Waals surface area contributed by atoms with Crippen LogP contribution in [0.3, 0.4) is 0 Å². The first-order valence-electron chi connectivity index (χ1n) is 4.13. The first-order chi connectivity index (χ1) is 6.79. The minimum absolute atomic E-state index is 0.379.